The molecule has 0 bridgehead atoms. The van der Waals surface area contributed by atoms with E-state index in [1.54, 1.807) is 0 Å². The van der Waals surface area contributed by atoms with E-state index in [0.29, 0.717) is 19.7 Å². The number of likely N-dealkylation sites (N-methyl/N-ethyl adjacent to an activating group) is 1. The van der Waals surface area contributed by atoms with Crippen molar-refractivity contribution in [1.82, 2.24) is 10.2 Å². The van der Waals surface area contributed by atoms with Gasteiger partial charge in [-0.2, -0.15) is 0 Å². The molecule has 0 aromatic heterocycles. The molecule has 2 aromatic rings. The number of rotatable bonds is 8. The summed E-state index contributed by atoms with van der Waals surface area (Å²) in [6.07, 6.45) is 0. The first-order chi connectivity index (χ1) is 11.5. The minimum Gasteiger partial charge on any atom is -0.492 e. The first kappa shape index (κ1) is 18.0. The van der Waals surface area contributed by atoms with E-state index in [2.05, 4.69) is 5.32 Å². The molecule has 4 nitrogen and oxygen atoms in total. The topological polar surface area (TPSA) is 41.6 Å². The number of carbonyl (C=O) groups is 1. The zero-order chi connectivity index (χ0) is 17.4. The highest BCUT2D eigenvalue weighted by molar-refractivity contribution is 5.78. The first-order valence-electron chi connectivity index (χ1n) is 8.27. The molecule has 2 rings (SSSR count). The van der Waals surface area contributed by atoms with Crippen molar-refractivity contribution in [3.63, 3.8) is 0 Å². The van der Waals surface area contributed by atoms with Gasteiger partial charge in [-0.1, -0.05) is 48.0 Å². The van der Waals surface area contributed by atoms with E-state index < -0.39 is 0 Å². The highest BCUT2D eigenvalue weighted by Gasteiger charge is 2.11. The highest BCUT2D eigenvalue weighted by atomic mass is 16.5. The monoisotopic (exact) mass is 326 g/mol. The van der Waals surface area contributed by atoms with Gasteiger partial charge in [0.25, 0.3) is 0 Å². The summed E-state index contributed by atoms with van der Waals surface area (Å²) in [7, 11) is 1.92. The quantitative estimate of drug-likeness (QED) is 0.810. The highest BCUT2D eigenvalue weighted by Crippen LogP contribution is 2.12. The van der Waals surface area contributed by atoms with Crippen LogP contribution in [0.1, 0.15) is 24.1 Å². The summed E-state index contributed by atoms with van der Waals surface area (Å²) in [6, 6.07) is 17.9. The van der Waals surface area contributed by atoms with Crippen molar-refractivity contribution in [2.24, 2.45) is 0 Å². The Morgan fingerprint density at radius 3 is 2.46 bits per heavy atom. The molecule has 0 heterocycles. The number of aryl methyl sites for hydroxylation is 1. The van der Waals surface area contributed by atoms with Crippen LogP contribution in [0.15, 0.2) is 54.6 Å². The average molecular weight is 326 g/mol. The number of benzene rings is 2. The van der Waals surface area contributed by atoms with E-state index in [1.807, 2.05) is 80.4 Å². The van der Waals surface area contributed by atoms with Crippen LogP contribution in [0.3, 0.4) is 0 Å². The number of hydrogen-bond acceptors (Lipinski definition) is 3. The third kappa shape index (κ3) is 6.05. The van der Waals surface area contributed by atoms with Gasteiger partial charge in [-0.15, -0.1) is 0 Å². The van der Waals surface area contributed by atoms with Crippen molar-refractivity contribution < 1.29 is 9.53 Å². The molecule has 2 aromatic carbocycles. The van der Waals surface area contributed by atoms with Crippen molar-refractivity contribution >= 4 is 5.91 Å². The minimum absolute atomic E-state index is 0.0101. The van der Waals surface area contributed by atoms with E-state index in [1.165, 1.54) is 5.56 Å². The molecule has 1 amide bonds. The lowest BCUT2D eigenvalue weighted by molar-refractivity contribution is -0.122. The molecular weight excluding hydrogens is 300 g/mol. The van der Waals surface area contributed by atoms with Gasteiger partial charge in [-0.3, -0.25) is 9.69 Å². The van der Waals surface area contributed by atoms with Crippen LogP contribution in [0, 0.1) is 6.92 Å². The van der Waals surface area contributed by atoms with Crippen LogP contribution in [-0.4, -0.2) is 37.6 Å². The van der Waals surface area contributed by atoms with Crippen LogP contribution >= 0.6 is 0 Å². The van der Waals surface area contributed by atoms with Crippen LogP contribution in [0.2, 0.25) is 0 Å². The maximum atomic E-state index is 12.1. The Balaban J connectivity index is 1.68. The Bertz CT molecular complexity index is 626. The zero-order valence-corrected chi connectivity index (χ0v) is 14.7. The summed E-state index contributed by atoms with van der Waals surface area (Å²) in [4.78, 5) is 14.1. The molecule has 4 heteroatoms. The maximum Gasteiger partial charge on any atom is 0.234 e. The van der Waals surface area contributed by atoms with Crippen molar-refractivity contribution in [3.8, 4) is 5.75 Å². The van der Waals surface area contributed by atoms with E-state index >= 15 is 0 Å². The lowest BCUT2D eigenvalue weighted by Gasteiger charge is -2.19. The second-order valence-corrected chi connectivity index (χ2v) is 6.10. The summed E-state index contributed by atoms with van der Waals surface area (Å²) >= 11 is 0. The molecule has 0 aliphatic heterocycles. The summed E-state index contributed by atoms with van der Waals surface area (Å²) < 4.78 is 5.69. The molecule has 0 saturated carbocycles. The Morgan fingerprint density at radius 2 is 1.79 bits per heavy atom. The van der Waals surface area contributed by atoms with Gasteiger partial charge in [0.1, 0.15) is 12.4 Å². The fraction of sp³-hybridized carbons (Fsp3) is 0.350. The first-order valence-corrected chi connectivity index (χ1v) is 8.27. The largest absolute Gasteiger partial charge is 0.492 e. The fourth-order valence-corrected chi connectivity index (χ4v) is 2.39. The van der Waals surface area contributed by atoms with Gasteiger partial charge < -0.3 is 10.1 Å². The Labute approximate surface area is 144 Å². The molecule has 1 N–H and O–H groups in total. The predicted octanol–water partition coefficient (Wildman–Crippen LogP) is 3.18. The molecule has 0 saturated heterocycles. The maximum absolute atomic E-state index is 12.1. The lowest BCUT2D eigenvalue weighted by Crippen LogP contribution is -2.38. The molecule has 128 valence electrons. The van der Waals surface area contributed by atoms with E-state index in [4.69, 9.17) is 4.74 Å². The third-order valence-corrected chi connectivity index (χ3v) is 3.85. The average Bonchev–Trinajstić information content (AvgIpc) is 2.57. The number of nitrogens with one attached hydrogen (secondary N) is 1. The molecule has 0 aliphatic rings. The van der Waals surface area contributed by atoms with Crippen molar-refractivity contribution in [2.45, 2.75) is 19.9 Å². The number of hydrogen-bond donors (Lipinski definition) is 1. The molecule has 24 heavy (non-hydrogen) atoms. The summed E-state index contributed by atoms with van der Waals surface area (Å²) in [5.74, 6) is 0.875. The number of ether oxygens (including phenoxy) is 1. The number of amides is 1. The smallest absolute Gasteiger partial charge is 0.234 e. The van der Waals surface area contributed by atoms with Gasteiger partial charge in [-0.25, -0.2) is 0 Å². The molecule has 1 atom stereocenters. The summed E-state index contributed by atoms with van der Waals surface area (Å²) in [6.45, 7) is 5.65. The summed E-state index contributed by atoms with van der Waals surface area (Å²) in [5.41, 5.74) is 2.32. The Hall–Kier alpha value is -2.33. The second-order valence-electron chi connectivity index (χ2n) is 6.10. The SMILES string of the molecule is Cc1ccc(OCCN(C)CC(=O)NC(C)c2ccccc2)cc1. The van der Waals surface area contributed by atoms with Gasteiger partial charge in [0.2, 0.25) is 5.91 Å². The van der Waals surface area contributed by atoms with Crippen LogP contribution in [0.25, 0.3) is 0 Å². The van der Waals surface area contributed by atoms with Crippen molar-refractivity contribution in [2.75, 3.05) is 26.7 Å². The number of nitrogens with zero attached hydrogens (tertiary/aromatic N) is 1. The lowest BCUT2D eigenvalue weighted by atomic mass is 10.1. The molecule has 0 aliphatic carbocycles. The number of carbonyl (C=O) groups excluding carboxylic acids is 1. The normalized spacial score (nSPS) is 12.0. The standard InChI is InChI=1S/C20H26N2O2/c1-16-9-11-19(12-10-16)24-14-13-22(3)15-20(23)21-17(2)18-7-5-4-6-8-18/h4-12,17H,13-15H2,1-3H3,(H,21,23). The van der Waals surface area contributed by atoms with E-state index in [0.717, 1.165) is 11.3 Å². The Kier molecular flexibility index (Phi) is 6.82. The van der Waals surface area contributed by atoms with Crippen LogP contribution in [0.5, 0.6) is 5.75 Å². The van der Waals surface area contributed by atoms with Gasteiger partial charge in [0.15, 0.2) is 0 Å². The minimum atomic E-state index is 0.0101. The second kappa shape index (κ2) is 9.08. The van der Waals surface area contributed by atoms with Gasteiger partial charge >= 0.3 is 0 Å². The third-order valence-electron chi connectivity index (χ3n) is 3.85. The van der Waals surface area contributed by atoms with Crippen LogP contribution in [0.4, 0.5) is 0 Å². The summed E-state index contributed by atoms with van der Waals surface area (Å²) in [5, 5.41) is 3.02. The van der Waals surface area contributed by atoms with Crippen LogP contribution in [-0.2, 0) is 4.79 Å². The van der Waals surface area contributed by atoms with E-state index in [-0.39, 0.29) is 11.9 Å². The molecule has 1 unspecified atom stereocenters. The van der Waals surface area contributed by atoms with E-state index in [9.17, 15) is 4.79 Å². The van der Waals surface area contributed by atoms with Crippen molar-refractivity contribution in [1.29, 1.82) is 0 Å². The zero-order valence-electron chi connectivity index (χ0n) is 14.7. The van der Waals surface area contributed by atoms with Gasteiger partial charge in [0.05, 0.1) is 12.6 Å². The molecule has 0 spiro atoms. The molecule has 0 fully saturated rings. The fourth-order valence-electron chi connectivity index (χ4n) is 2.39. The van der Waals surface area contributed by atoms with Gasteiger partial charge in [0, 0.05) is 6.54 Å². The van der Waals surface area contributed by atoms with Gasteiger partial charge in [-0.05, 0) is 38.6 Å². The molecular formula is C20H26N2O2. The van der Waals surface area contributed by atoms with Crippen molar-refractivity contribution in [3.05, 3.63) is 65.7 Å². The van der Waals surface area contributed by atoms with Crippen LogP contribution < -0.4 is 10.1 Å². The molecule has 0 radical (unpaired) electrons. The Morgan fingerprint density at radius 1 is 1.12 bits per heavy atom. The predicted molar refractivity (Wildman–Crippen MR) is 97.2 cm³/mol.